The fraction of sp³-hybridized carbons (Fsp3) is 0.481. The zero-order valence-corrected chi connectivity index (χ0v) is 23.4. The third kappa shape index (κ3) is 11.3. The van der Waals surface area contributed by atoms with Crippen LogP contribution in [0, 0.1) is 5.92 Å². The number of carboxylic acid groups (broad SMARTS) is 1. The van der Waals surface area contributed by atoms with E-state index in [0.29, 0.717) is 25.1 Å². The minimum absolute atomic E-state index is 0.0178. The van der Waals surface area contributed by atoms with Gasteiger partial charge >= 0.3 is 5.97 Å². The third-order valence-corrected chi connectivity index (χ3v) is 6.61. The summed E-state index contributed by atoms with van der Waals surface area (Å²) in [5.41, 5.74) is 18.0. The first-order chi connectivity index (χ1) is 19.5. The highest BCUT2D eigenvalue weighted by Gasteiger charge is 2.33. The monoisotopic (exact) mass is 571 g/mol. The van der Waals surface area contributed by atoms with Crippen LogP contribution in [0.1, 0.15) is 44.4 Å². The van der Waals surface area contributed by atoms with Gasteiger partial charge in [-0.25, -0.2) is 9.78 Å². The molecule has 0 aliphatic carbocycles. The maximum absolute atomic E-state index is 13.5. The van der Waals surface area contributed by atoms with Crippen LogP contribution in [0.3, 0.4) is 0 Å². The first kappa shape index (κ1) is 32.8. The molecule has 0 aliphatic rings. The summed E-state index contributed by atoms with van der Waals surface area (Å²) < 4.78 is 0. The van der Waals surface area contributed by atoms with Gasteiger partial charge in [0.25, 0.3) is 0 Å². The molecule has 0 radical (unpaired) electrons. The van der Waals surface area contributed by atoms with Gasteiger partial charge in [-0.3, -0.25) is 19.4 Å². The van der Waals surface area contributed by atoms with Crippen molar-refractivity contribution in [2.45, 2.75) is 70.1 Å². The quantitative estimate of drug-likeness (QED) is 0.0669. The molecule has 1 aromatic carbocycles. The number of hydrogen-bond donors (Lipinski definition) is 8. The highest BCUT2D eigenvalue weighted by atomic mass is 16.4. The minimum atomic E-state index is -1.25. The van der Waals surface area contributed by atoms with Crippen LogP contribution >= 0.6 is 0 Å². The van der Waals surface area contributed by atoms with E-state index in [1.807, 2.05) is 37.3 Å². The summed E-state index contributed by atoms with van der Waals surface area (Å²) in [5.74, 6) is -3.42. The van der Waals surface area contributed by atoms with E-state index in [4.69, 9.17) is 17.2 Å². The first-order valence-electron chi connectivity index (χ1n) is 13.5. The Morgan fingerprint density at radius 3 is 2.27 bits per heavy atom. The summed E-state index contributed by atoms with van der Waals surface area (Å²) in [6, 6.07) is 4.81. The summed E-state index contributed by atoms with van der Waals surface area (Å²) in [5, 5.41) is 17.6. The molecule has 5 unspecified atom stereocenters. The number of hydrogen-bond acceptors (Lipinski definition) is 7. The van der Waals surface area contributed by atoms with Crippen LogP contribution in [-0.2, 0) is 32.0 Å². The second-order valence-electron chi connectivity index (χ2n) is 9.86. The molecule has 0 spiro atoms. The Morgan fingerprint density at radius 2 is 1.68 bits per heavy atom. The van der Waals surface area contributed by atoms with Gasteiger partial charge in [0.2, 0.25) is 17.7 Å². The number of carboxylic acids is 1. The van der Waals surface area contributed by atoms with Crippen LogP contribution in [0.2, 0.25) is 0 Å². The highest BCUT2D eigenvalue weighted by Crippen LogP contribution is 2.11. The molecule has 1 aromatic heterocycles. The number of aromatic nitrogens is 2. The van der Waals surface area contributed by atoms with Crippen molar-refractivity contribution in [3.63, 3.8) is 0 Å². The lowest BCUT2D eigenvalue weighted by molar-refractivity contribution is -0.142. The lowest BCUT2D eigenvalue weighted by Crippen LogP contribution is -2.59. The lowest BCUT2D eigenvalue weighted by Gasteiger charge is -2.28. The molecule has 5 atom stereocenters. The zero-order valence-electron chi connectivity index (χ0n) is 23.4. The van der Waals surface area contributed by atoms with E-state index >= 15 is 0 Å². The van der Waals surface area contributed by atoms with Crippen molar-refractivity contribution in [1.29, 1.82) is 0 Å². The second kappa shape index (κ2) is 16.6. The number of imidazole rings is 1. The fourth-order valence-corrected chi connectivity index (χ4v) is 4.02. The second-order valence-corrected chi connectivity index (χ2v) is 9.86. The van der Waals surface area contributed by atoms with Gasteiger partial charge in [-0.2, -0.15) is 0 Å². The van der Waals surface area contributed by atoms with Crippen molar-refractivity contribution in [1.82, 2.24) is 25.9 Å². The van der Waals surface area contributed by atoms with Crippen molar-refractivity contribution < 1.29 is 24.3 Å². The maximum Gasteiger partial charge on any atom is 0.326 e. The molecule has 0 saturated carbocycles. The third-order valence-electron chi connectivity index (χ3n) is 6.61. The van der Waals surface area contributed by atoms with E-state index in [2.05, 4.69) is 30.9 Å². The summed E-state index contributed by atoms with van der Waals surface area (Å²) in [6.45, 7) is 3.92. The average Bonchev–Trinajstić information content (AvgIpc) is 3.46. The normalized spacial score (nSPS) is 14.5. The van der Waals surface area contributed by atoms with E-state index in [1.165, 1.54) is 12.5 Å². The number of aliphatic carboxylic acids is 1. The molecule has 41 heavy (non-hydrogen) atoms. The van der Waals surface area contributed by atoms with Gasteiger partial charge in [-0.05, 0) is 24.3 Å². The van der Waals surface area contributed by atoms with Crippen molar-refractivity contribution in [3.05, 3.63) is 54.1 Å². The number of rotatable bonds is 17. The van der Waals surface area contributed by atoms with Crippen molar-refractivity contribution in [3.8, 4) is 0 Å². The number of aliphatic imine (C=N–C) groups is 1. The van der Waals surface area contributed by atoms with E-state index in [0.717, 1.165) is 5.56 Å². The number of nitrogens with two attached hydrogens (primary N) is 3. The van der Waals surface area contributed by atoms with Crippen LogP contribution in [0.4, 0.5) is 0 Å². The Labute approximate surface area is 238 Å². The first-order valence-corrected chi connectivity index (χ1v) is 13.5. The molecule has 14 nitrogen and oxygen atoms in total. The Hall–Kier alpha value is -4.46. The van der Waals surface area contributed by atoms with Crippen LogP contribution in [0.15, 0.2) is 47.8 Å². The Balaban J connectivity index is 2.17. The van der Waals surface area contributed by atoms with Crippen LogP contribution in [0.5, 0.6) is 0 Å². The molecule has 14 heteroatoms. The summed E-state index contributed by atoms with van der Waals surface area (Å²) in [4.78, 5) is 62.1. The van der Waals surface area contributed by atoms with Crippen LogP contribution in [-0.4, -0.2) is 75.4 Å². The van der Waals surface area contributed by atoms with E-state index in [1.54, 1.807) is 6.92 Å². The number of nitrogens with zero attached hydrogens (tertiary/aromatic N) is 2. The van der Waals surface area contributed by atoms with Crippen molar-refractivity contribution >= 4 is 29.7 Å². The number of nitrogens with one attached hydrogen (secondary N) is 4. The minimum Gasteiger partial charge on any atom is -0.480 e. The number of H-pyrrole nitrogens is 1. The predicted octanol–water partition coefficient (Wildman–Crippen LogP) is -0.839. The van der Waals surface area contributed by atoms with Crippen LogP contribution in [0.25, 0.3) is 0 Å². The molecule has 2 rings (SSSR count). The average molecular weight is 572 g/mol. The number of benzene rings is 1. The Bertz CT molecular complexity index is 1150. The summed E-state index contributed by atoms with van der Waals surface area (Å²) in [7, 11) is 0. The van der Waals surface area contributed by atoms with Gasteiger partial charge in [0.15, 0.2) is 5.96 Å². The topological polar surface area (TPSA) is 244 Å². The SMILES string of the molecule is CCC(C)C(NC(=O)C(Cc1ccccc1)NC(=O)C(N)CCCN=C(N)N)C(=O)NC(Cc1cnc[nH]1)C(=O)O. The van der Waals surface area contributed by atoms with Gasteiger partial charge in [0.1, 0.15) is 18.1 Å². The summed E-state index contributed by atoms with van der Waals surface area (Å²) >= 11 is 0. The number of carbonyl (C=O) groups excluding carboxylic acids is 3. The molecule has 0 bridgehead atoms. The van der Waals surface area contributed by atoms with Gasteiger partial charge in [0.05, 0.1) is 12.4 Å². The molecule has 1 heterocycles. The Morgan fingerprint density at radius 1 is 1.00 bits per heavy atom. The standard InChI is InChI=1S/C27H41N9O5/c1-3-16(2)22(25(39)35-21(26(40)41)13-18-14-31-15-33-18)36-24(38)20(12-17-8-5-4-6-9-17)34-23(37)19(28)10-7-11-32-27(29)30/h4-6,8-9,14-16,19-22H,3,7,10-13,28H2,1-2H3,(H,31,33)(H,34,37)(H,35,39)(H,36,38)(H,40,41)(H4,29,30,32). The molecule has 2 aromatic rings. The maximum atomic E-state index is 13.5. The molecular formula is C27H41N9O5. The molecule has 0 fully saturated rings. The van der Waals surface area contributed by atoms with Gasteiger partial charge in [-0.1, -0.05) is 50.6 Å². The predicted molar refractivity (Wildman–Crippen MR) is 153 cm³/mol. The van der Waals surface area contributed by atoms with Crippen molar-refractivity contribution in [2.24, 2.45) is 28.1 Å². The molecule has 224 valence electrons. The molecule has 11 N–H and O–H groups in total. The summed E-state index contributed by atoms with van der Waals surface area (Å²) in [6.07, 6.45) is 4.27. The van der Waals surface area contributed by atoms with Gasteiger partial charge in [0, 0.05) is 31.3 Å². The molecule has 0 aliphatic heterocycles. The zero-order chi connectivity index (χ0) is 30.4. The molecule has 0 saturated heterocycles. The fourth-order valence-electron chi connectivity index (χ4n) is 4.02. The van der Waals surface area contributed by atoms with Gasteiger partial charge in [-0.15, -0.1) is 0 Å². The van der Waals surface area contributed by atoms with E-state index in [9.17, 15) is 24.3 Å². The smallest absolute Gasteiger partial charge is 0.326 e. The lowest BCUT2D eigenvalue weighted by atomic mass is 9.96. The number of guanidine groups is 1. The highest BCUT2D eigenvalue weighted by molar-refractivity contribution is 5.94. The van der Waals surface area contributed by atoms with E-state index in [-0.39, 0.29) is 31.1 Å². The molecule has 3 amide bonds. The largest absolute Gasteiger partial charge is 0.480 e. The van der Waals surface area contributed by atoms with Crippen LogP contribution < -0.4 is 33.2 Å². The van der Waals surface area contributed by atoms with E-state index < -0.39 is 47.9 Å². The molecular weight excluding hydrogens is 530 g/mol. The number of amides is 3. The number of carbonyl (C=O) groups is 4. The van der Waals surface area contributed by atoms with Crippen molar-refractivity contribution in [2.75, 3.05) is 6.54 Å². The number of aromatic amines is 1. The Kier molecular flexibility index (Phi) is 13.3. The van der Waals surface area contributed by atoms with Gasteiger partial charge < -0.3 is 43.2 Å².